The van der Waals surface area contributed by atoms with Crippen LogP contribution in [0.2, 0.25) is 0 Å². The van der Waals surface area contributed by atoms with Crippen LogP contribution in [0.3, 0.4) is 0 Å². The van der Waals surface area contributed by atoms with Gasteiger partial charge in [-0.1, -0.05) is 12.1 Å². The zero-order chi connectivity index (χ0) is 16.4. The number of amides is 2. The molecule has 2 amide bonds. The zero-order valence-corrected chi connectivity index (χ0v) is 13.7. The summed E-state index contributed by atoms with van der Waals surface area (Å²) in [5, 5.41) is 1.93. The SMILES string of the molecule is CCOc1cccc(/C=C2/SC(=O)NC2=O)c1N1CCC(N)C1. The maximum atomic E-state index is 11.8. The molecule has 0 aromatic heterocycles. The molecule has 1 unspecified atom stereocenters. The summed E-state index contributed by atoms with van der Waals surface area (Å²) in [7, 11) is 0. The highest BCUT2D eigenvalue weighted by Gasteiger charge is 2.28. The van der Waals surface area contributed by atoms with Crippen LogP contribution in [0.15, 0.2) is 23.1 Å². The van der Waals surface area contributed by atoms with E-state index in [-0.39, 0.29) is 17.2 Å². The number of nitrogens with two attached hydrogens (primary N) is 1. The van der Waals surface area contributed by atoms with Crippen LogP contribution >= 0.6 is 11.8 Å². The smallest absolute Gasteiger partial charge is 0.290 e. The Bertz CT molecular complexity index is 675. The van der Waals surface area contributed by atoms with E-state index in [0.29, 0.717) is 11.5 Å². The Labute approximate surface area is 139 Å². The Balaban J connectivity index is 2.02. The summed E-state index contributed by atoms with van der Waals surface area (Å²) in [6.45, 7) is 4.09. The summed E-state index contributed by atoms with van der Waals surface area (Å²) in [5.41, 5.74) is 7.82. The Kier molecular flexibility index (Phi) is 4.58. The lowest BCUT2D eigenvalue weighted by Gasteiger charge is -2.24. The van der Waals surface area contributed by atoms with Crippen molar-refractivity contribution in [2.24, 2.45) is 5.73 Å². The fourth-order valence-corrected chi connectivity index (χ4v) is 3.49. The van der Waals surface area contributed by atoms with Crippen LogP contribution in [-0.4, -0.2) is 36.9 Å². The first-order valence-electron chi connectivity index (χ1n) is 7.59. The second-order valence-corrected chi connectivity index (χ2v) is 6.49. The predicted octanol–water partition coefficient (Wildman–Crippen LogP) is 1.95. The molecule has 0 saturated carbocycles. The van der Waals surface area contributed by atoms with Crippen molar-refractivity contribution in [1.29, 1.82) is 0 Å². The minimum atomic E-state index is -0.356. The number of carbonyl (C=O) groups excluding carboxylic acids is 2. The molecule has 1 atom stereocenters. The number of nitrogens with one attached hydrogen (secondary N) is 1. The Morgan fingerprint density at radius 1 is 1.48 bits per heavy atom. The number of thioether (sulfide) groups is 1. The number of carbonyl (C=O) groups is 2. The Morgan fingerprint density at radius 2 is 2.30 bits per heavy atom. The molecule has 122 valence electrons. The minimum absolute atomic E-state index is 0.135. The fraction of sp³-hybridized carbons (Fsp3) is 0.375. The van der Waals surface area contributed by atoms with Crippen molar-refractivity contribution < 1.29 is 14.3 Å². The van der Waals surface area contributed by atoms with Crippen molar-refractivity contribution in [3.63, 3.8) is 0 Å². The average molecular weight is 333 g/mol. The van der Waals surface area contributed by atoms with Crippen LogP contribution in [0.1, 0.15) is 18.9 Å². The number of benzene rings is 1. The van der Waals surface area contributed by atoms with E-state index < -0.39 is 0 Å². The van der Waals surface area contributed by atoms with Gasteiger partial charge >= 0.3 is 0 Å². The van der Waals surface area contributed by atoms with Gasteiger partial charge in [0.25, 0.3) is 11.1 Å². The number of rotatable bonds is 4. The van der Waals surface area contributed by atoms with Gasteiger partial charge < -0.3 is 15.4 Å². The number of imide groups is 1. The van der Waals surface area contributed by atoms with Gasteiger partial charge in [-0.25, -0.2) is 0 Å². The van der Waals surface area contributed by atoms with E-state index in [0.717, 1.165) is 48.3 Å². The molecule has 23 heavy (non-hydrogen) atoms. The number of para-hydroxylation sites is 1. The fourth-order valence-electron chi connectivity index (χ4n) is 2.82. The van der Waals surface area contributed by atoms with E-state index in [4.69, 9.17) is 10.5 Å². The average Bonchev–Trinajstić information content (AvgIpc) is 3.06. The Hall–Kier alpha value is -1.99. The largest absolute Gasteiger partial charge is 0.492 e. The molecule has 0 aliphatic carbocycles. The lowest BCUT2D eigenvalue weighted by molar-refractivity contribution is -0.115. The van der Waals surface area contributed by atoms with Gasteiger partial charge in [0, 0.05) is 24.7 Å². The molecule has 2 fully saturated rings. The van der Waals surface area contributed by atoms with E-state index in [1.165, 1.54) is 0 Å². The second kappa shape index (κ2) is 6.64. The van der Waals surface area contributed by atoms with Gasteiger partial charge in [-0.05, 0) is 37.2 Å². The van der Waals surface area contributed by atoms with E-state index in [1.54, 1.807) is 6.08 Å². The van der Waals surface area contributed by atoms with Gasteiger partial charge in [0.2, 0.25) is 0 Å². The van der Waals surface area contributed by atoms with Crippen molar-refractivity contribution in [2.45, 2.75) is 19.4 Å². The topological polar surface area (TPSA) is 84.7 Å². The minimum Gasteiger partial charge on any atom is -0.492 e. The van der Waals surface area contributed by atoms with Gasteiger partial charge in [-0.3, -0.25) is 14.9 Å². The number of anilines is 1. The molecule has 1 aromatic rings. The van der Waals surface area contributed by atoms with Crippen molar-refractivity contribution in [2.75, 3.05) is 24.6 Å². The molecule has 3 N–H and O–H groups in total. The van der Waals surface area contributed by atoms with Gasteiger partial charge in [-0.2, -0.15) is 0 Å². The lowest BCUT2D eigenvalue weighted by Crippen LogP contribution is -2.27. The first kappa shape index (κ1) is 15.9. The summed E-state index contributed by atoms with van der Waals surface area (Å²) >= 11 is 0.917. The molecule has 3 rings (SSSR count). The molecular formula is C16H19N3O3S. The second-order valence-electron chi connectivity index (χ2n) is 5.47. The first-order valence-corrected chi connectivity index (χ1v) is 8.41. The molecule has 2 aliphatic heterocycles. The summed E-state index contributed by atoms with van der Waals surface area (Å²) in [6, 6.07) is 5.86. The van der Waals surface area contributed by atoms with Crippen LogP contribution in [0.4, 0.5) is 10.5 Å². The highest BCUT2D eigenvalue weighted by atomic mass is 32.2. The highest BCUT2D eigenvalue weighted by Crippen LogP contribution is 2.37. The molecule has 2 saturated heterocycles. The molecule has 0 bridgehead atoms. The zero-order valence-electron chi connectivity index (χ0n) is 12.9. The summed E-state index contributed by atoms with van der Waals surface area (Å²) in [5.74, 6) is 0.413. The number of ether oxygens (including phenoxy) is 1. The van der Waals surface area contributed by atoms with Crippen molar-refractivity contribution in [3.8, 4) is 5.75 Å². The van der Waals surface area contributed by atoms with Crippen molar-refractivity contribution >= 4 is 34.7 Å². The quantitative estimate of drug-likeness (QED) is 0.819. The van der Waals surface area contributed by atoms with E-state index in [9.17, 15) is 9.59 Å². The molecule has 6 nitrogen and oxygen atoms in total. The third kappa shape index (κ3) is 3.35. The van der Waals surface area contributed by atoms with Crippen LogP contribution in [0, 0.1) is 0 Å². The monoisotopic (exact) mass is 333 g/mol. The highest BCUT2D eigenvalue weighted by molar-refractivity contribution is 8.18. The molecule has 0 spiro atoms. The number of hydrogen-bond donors (Lipinski definition) is 2. The van der Waals surface area contributed by atoms with Gasteiger partial charge in [0.1, 0.15) is 5.75 Å². The third-order valence-electron chi connectivity index (χ3n) is 3.80. The van der Waals surface area contributed by atoms with Crippen LogP contribution in [0.5, 0.6) is 5.75 Å². The maximum Gasteiger partial charge on any atom is 0.290 e. The van der Waals surface area contributed by atoms with Crippen LogP contribution in [0.25, 0.3) is 6.08 Å². The van der Waals surface area contributed by atoms with Crippen LogP contribution in [-0.2, 0) is 4.79 Å². The van der Waals surface area contributed by atoms with E-state index >= 15 is 0 Å². The molecule has 2 heterocycles. The molecule has 2 aliphatic rings. The van der Waals surface area contributed by atoms with Crippen molar-refractivity contribution in [1.82, 2.24) is 5.32 Å². The predicted molar refractivity (Wildman–Crippen MR) is 91.5 cm³/mol. The standard InChI is InChI=1S/C16H19N3O3S/c1-2-22-12-5-3-4-10(8-13-15(20)18-16(21)23-13)14(12)19-7-6-11(17)9-19/h3-5,8,11H,2,6-7,9,17H2,1H3,(H,18,20,21)/b13-8+. The number of nitrogens with zero attached hydrogens (tertiary/aromatic N) is 1. The van der Waals surface area contributed by atoms with E-state index in [1.807, 2.05) is 25.1 Å². The Morgan fingerprint density at radius 3 is 2.91 bits per heavy atom. The van der Waals surface area contributed by atoms with Gasteiger partial charge in [-0.15, -0.1) is 0 Å². The van der Waals surface area contributed by atoms with Gasteiger partial charge in [0.15, 0.2) is 0 Å². The van der Waals surface area contributed by atoms with E-state index in [2.05, 4.69) is 10.2 Å². The molecule has 7 heteroatoms. The maximum absolute atomic E-state index is 11.8. The molecular weight excluding hydrogens is 314 g/mol. The number of hydrogen-bond acceptors (Lipinski definition) is 6. The van der Waals surface area contributed by atoms with Gasteiger partial charge in [0.05, 0.1) is 17.2 Å². The lowest BCUT2D eigenvalue weighted by atomic mass is 10.1. The third-order valence-corrected chi connectivity index (χ3v) is 4.61. The van der Waals surface area contributed by atoms with Crippen LogP contribution < -0.4 is 20.7 Å². The summed E-state index contributed by atoms with van der Waals surface area (Å²) in [6.07, 6.45) is 2.66. The summed E-state index contributed by atoms with van der Waals surface area (Å²) < 4.78 is 5.75. The first-order chi connectivity index (χ1) is 11.1. The summed E-state index contributed by atoms with van der Waals surface area (Å²) in [4.78, 5) is 25.7. The molecule has 1 aromatic carbocycles. The van der Waals surface area contributed by atoms with Crippen molar-refractivity contribution in [3.05, 3.63) is 28.7 Å². The molecule has 0 radical (unpaired) electrons. The normalized spacial score (nSPS) is 22.8.